The number of ether oxygens (including phenoxy) is 3. The first kappa shape index (κ1) is 15.1. The molecule has 0 unspecified atom stereocenters. The maximum Gasteiger partial charge on any atom is 0.407 e. The van der Waals surface area contributed by atoms with E-state index in [0.29, 0.717) is 24.7 Å². The molecule has 1 aromatic rings. The van der Waals surface area contributed by atoms with Crippen LogP contribution in [0.5, 0.6) is 11.5 Å². The van der Waals surface area contributed by atoms with Gasteiger partial charge in [0.25, 0.3) is 0 Å². The van der Waals surface area contributed by atoms with Crippen LogP contribution in [-0.4, -0.2) is 32.0 Å². The fourth-order valence-corrected chi connectivity index (χ4v) is 1.37. The average Bonchev–Trinajstić information content (AvgIpc) is 2.33. The molecule has 0 heterocycles. The number of hydrogen-bond acceptors (Lipinski definition) is 4. The van der Waals surface area contributed by atoms with Crippen LogP contribution in [0.2, 0.25) is 0 Å². The van der Waals surface area contributed by atoms with E-state index >= 15 is 0 Å². The molecule has 0 aliphatic carbocycles. The van der Waals surface area contributed by atoms with Crippen molar-refractivity contribution >= 4 is 6.09 Å². The molecular formula is C14H21NO4. The number of alkyl carbamates (subject to hydrolysis) is 1. The van der Waals surface area contributed by atoms with Crippen LogP contribution >= 0.6 is 0 Å². The Balaban J connectivity index is 2.29. The van der Waals surface area contributed by atoms with Crippen molar-refractivity contribution in [1.82, 2.24) is 5.32 Å². The van der Waals surface area contributed by atoms with Gasteiger partial charge in [0.2, 0.25) is 0 Å². The lowest BCUT2D eigenvalue weighted by Crippen LogP contribution is -2.34. The molecule has 1 N–H and O–H groups in total. The van der Waals surface area contributed by atoms with Crippen molar-refractivity contribution in [2.24, 2.45) is 0 Å². The van der Waals surface area contributed by atoms with Gasteiger partial charge in [0.15, 0.2) is 11.5 Å². The van der Waals surface area contributed by atoms with Crippen molar-refractivity contribution in [3.05, 3.63) is 24.3 Å². The molecule has 5 nitrogen and oxygen atoms in total. The third-order valence-corrected chi connectivity index (χ3v) is 2.10. The molecule has 0 aromatic heterocycles. The Kier molecular flexibility index (Phi) is 5.48. The summed E-state index contributed by atoms with van der Waals surface area (Å²) in [5, 5.41) is 2.62. The maximum absolute atomic E-state index is 11.4. The largest absolute Gasteiger partial charge is 0.493 e. The zero-order valence-corrected chi connectivity index (χ0v) is 11.9. The molecule has 0 fully saturated rings. The molecule has 0 aliphatic heterocycles. The first-order valence-corrected chi connectivity index (χ1v) is 6.15. The second-order valence-electron chi connectivity index (χ2n) is 4.93. The third-order valence-electron chi connectivity index (χ3n) is 2.10. The van der Waals surface area contributed by atoms with Gasteiger partial charge in [-0.25, -0.2) is 4.79 Å². The van der Waals surface area contributed by atoms with Gasteiger partial charge in [0.05, 0.1) is 13.7 Å². The quantitative estimate of drug-likeness (QED) is 0.833. The molecule has 19 heavy (non-hydrogen) atoms. The highest BCUT2D eigenvalue weighted by molar-refractivity contribution is 5.67. The van der Waals surface area contributed by atoms with E-state index in [4.69, 9.17) is 14.2 Å². The van der Waals surface area contributed by atoms with E-state index in [1.807, 2.05) is 45.0 Å². The number of carbonyl (C=O) groups is 1. The van der Waals surface area contributed by atoms with Crippen LogP contribution in [0.25, 0.3) is 0 Å². The Hall–Kier alpha value is -1.91. The second-order valence-corrected chi connectivity index (χ2v) is 4.93. The Morgan fingerprint density at radius 1 is 1.21 bits per heavy atom. The number of rotatable bonds is 5. The van der Waals surface area contributed by atoms with Gasteiger partial charge in [0.1, 0.15) is 12.2 Å². The molecule has 0 aliphatic rings. The van der Waals surface area contributed by atoms with Crippen LogP contribution in [0.1, 0.15) is 20.8 Å². The van der Waals surface area contributed by atoms with Gasteiger partial charge in [-0.05, 0) is 32.9 Å². The molecule has 1 rings (SSSR count). The summed E-state index contributed by atoms with van der Waals surface area (Å²) in [6.45, 7) is 6.17. The molecule has 0 spiro atoms. The lowest BCUT2D eigenvalue weighted by atomic mass is 10.2. The fourth-order valence-electron chi connectivity index (χ4n) is 1.37. The molecule has 0 radical (unpaired) electrons. The molecule has 1 aromatic carbocycles. The van der Waals surface area contributed by atoms with Gasteiger partial charge >= 0.3 is 6.09 Å². The highest BCUT2D eigenvalue weighted by Crippen LogP contribution is 2.25. The van der Waals surface area contributed by atoms with Crippen molar-refractivity contribution in [3.63, 3.8) is 0 Å². The Morgan fingerprint density at radius 2 is 1.84 bits per heavy atom. The zero-order chi connectivity index (χ0) is 14.3. The van der Waals surface area contributed by atoms with Crippen molar-refractivity contribution in [2.75, 3.05) is 20.3 Å². The SMILES string of the molecule is COc1ccccc1OCCNC(=O)OC(C)(C)C. The van der Waals surface area contributed by atoms with Gasteiger partial charge in [0, 0.05) is 0 Å². The average molecular weight is 267 g/mol. The van der Waals surface area contributed by atoms with Gasteiger partial charge in [-0.1, -0.05) is 12.1 Å². The molecule has 0 saturated carbocycles. The van der Waals surface area contributed by atoms with E-state index < -0.39 is 11.7 Å². The predicted molar refractivity (Wildman–Crippen MR) is 72.7 cm³/mol. The van der Waals surface area contributed by atoms with Crippen LogP contribution in [0.4, 0.5) is 4.79 Å². The molecule has 106 valence electrons. The van der Waals surface area contributed by atoms with E-state index in [9.17, 15) is 4.79 Å². The van der Waals surface area contributed by atoms with Crippen molar-refractivity contribution in [3.8, 4) is 11.5 Å². The summed E-state index contributed by atoms with van der Waals surface area (Å²) in [6.07, 6.45) is -0.448. The van der Waals surface area contributed by atoms with Crippen molar-refractivity contribution in [2.45, 2.75) is 26.4 Å². The number of para-hydroxylation sites is 2. The fraction of sp³-hybridized carbons (Fsp3) is 0.500. The van der Waals surface area contributed by atoms with Crippen molar-refractivity contribution in [1.29, 1.82) is 0 Å². The van der Waals surface area contributed by atoms with Crippen molar-refractivity contribution < 1.29 is 19.0 Å². The summed E-state index contributed by atoms with van der Waals surface area (Å²) < 4.78 is 15.8. The number of nitrogens with one attached hydrogen (secondary N) is 1. The molecule has 1 amide bonds. The van der Waals surface area contributed by atoms with Crippen LogP contribution in [0.15, 0.2) is 24.3 Å². The first-order valence-electron chi connectivity index (χ1n) is 6.15. The number of carbonyl (C=O) groups excluding carboxylic acids is 1. The van der Waals surface area contributed by atoms with Crippen LogP contribution < -0.4 is 14.8 Å². The summed E-state index contributed by atoms with van der Waals surface area (Å²) in [4.78, 5) is 11.4. The third kappa shape index (κ3) is 5.99. The molecule has 0 saturated heterocycles. The van der Waals surface area contributed by atoms with Gasteiger partial charge in [-0.15, -0.1) is 0 Å². The topological polar surface area (TPSA) is 56.8 Å². The smallest absolute Gasteiger partial charge is 0.407 e. The van der Waals surface area contributed by atoms with Crippen LogP contribution in [0, 0.1) is 0 Å². The summed E-state index contributed by atoms with van der Waals surface area (Å²) >= 11 is 0. The molecule has 0 bridgehead atoms. The lowest BCUT2D eigenvalue weighted by molar-refractivity contribution is 0.0520. The minimum Gasteiger partial charge on any atom is -0.493 e. The summed E-state index contributed by atoms with van der Waals surface area (Å²) in [5.74, 6) is 1.32. The van der Waals surface area contributed by atoms with Crippen LogP contribution in [0.3, 0.4) is 0 Å². The predicted octanol–water partition coefficient (Wildman–Crippen LogP) is 2.60. The maximum atomic E-state index is 11.4. The zero-order valence-electron chi connectivity index (χ0n) is 11.9. The minimum atomic E-state index is -0.492. The number of amides is 1. The van der Waals surface area contributed by atoms with E-state index in [1.165, 1.54) is 0 Å². The lowest BCUT2D eigenvalue weighted by Gasteiger charge is -2.19. The van der Waals surface area contributed by atoms with Gasteiger partial charge < -0.3 is 19.5 Å². The highest BCUT2D eigenvalue weighted by atomic mass is 16.6. The Morgan fingerprint density at radius 3 is 2.42 bits per heavy atom. The van der Waals surface area contributed by atoms with E-state index in [1.54, 1.807) is 7.11 Å². The van der Waals surface area contributed by atoms with Gasteiger partial charge in [-0.3, -0.25) is 0 Å². The second kappa shape index (κ2) is 6.87. The minimum absolute atomic E-state index is 0.347. The Bertz CT molecular complexity index is 412. The van der Waals surface area contributed by atoms with E-state index in [2.05, 4.69) is 5.32 Å². The monoisotopic (exact) mass is 267 g/mol. The number of benzene rings is 1. The van der Waals surface area contributed by atoms with Crippen LogP contribution in [-0.2, 0) is 4.74 Å². The summed E-state index contributed by atoms with van der Waals surface area (Å²) in [6, 6.07) is 7.35. The summed E-state index contributed by atoms with van der Waals surface area (Å²) in [5.41, 5.74) is -0.492. The Labute approximate surface area is 113 Å². The normalized spacial score (nSPS) is 10.7. The highest BCUT2D eigenvalue weighted by Gasteiger charge is 2.15. The van der Waals surface area contributed by atoms with Gasteiger partial charge in [-0.2, -0.15) is 0 Å². The first-order chi connectivity index (χ1) is 8.92. The number of hydrogen-bond donors (Lipinski definition) is 1. The molecular weight excluding hydrogens is 246 g/mol. The summed E-state index contributed by atoms with van der Waals surface area (Å²) in [7, 11) is 1.58. The molecule has 5 heteroatoms. The molecule has 0 atom stereocenters. The van der Waals surface area contributed by atoms with E-state index in [-0.39, 0.29) is 0 Å². The van der Waals surface area contributed by atoms with E-state index in [0.717, 1.165) is 0 Å². The number of methoxy groups -OCH3 is 1. The standard InChI is InChI=1S/C14H21NO4/c1-14(2,3)19-13(16)15-9-10-18-12-8-6-5-7-11(12)17-4/h5-8H,9-10H2,1-4H3,(H,15,16).